The van der Waals surface area contributed by atoms with Crippen molar-refractivity contribution in [1.82, 2.24) is 10.2 Å². The number of nitrogens with one attached hydrogen (secondary N) is 1. The molecule has 2 aliphatic rings. The highest BCUT2D eigenvalue weighted by atomic mass is 19.1. The lowest BCUT2D eigenvalue weighted by Gasteiger charge is -2.29. The first-order valence-electron chi connectivity index (χ1n) is 6.54. The first-order valence-corrected chi connectivity index (χ1v) is 6.54. The number of hydrogen-bond donors (Lipinski definition) is 1. The van der Waals surface area contributed by atoms with Crippen molar-refractivity contribution in [2.24, 2.45) is 0 Å². The van der Waals surface area contributed by atoms with E-state index in [0.29, 0.717) is 6.04 Å². The van der Waals surface area contributed by atoms with E-state index in [1.807, 2.05) is 6.07 Å². The molecule has 1 aromatic carbocycles. The first kappa shape index (κ1) is 11.2. The molecule has 0 radical (unpaired) electrons. The Morgan fingerprint density at radius 2 is 2.06 bits per heavy atom. The molecular formula is C14H19FN2. The van der Waals surface area contributed by atoms with Crippen molar-refractivity contribution in [2.45, 2.75) is 31.8 Å². The van der Waals surface area contributed by atoms with Crippen molar-refractivity contribution in [3.8, 4) is 0 Å². The highest BCUT2D eigenvalue weighted by molar-refractivity contribution is 5.30. The molecule has 0 amide bonds. The summed E-state index contributed by atoms with van der Waals surface area (Å²) in [4.78, 5) is 2.53. The molecule has 2 heterocycles. The maximum atomic E-state index is 13.1. The van der Waals surface area contributed by atoms with E-state index in [-0.39, 0.29) is 5.82 Å². The van der Waals surface area contributed by atoms with Crippen LogP contribution >= 0.6 is 0 Å². The van der Waals surface area contributed by atoms with E-state index >= 15 is 0 Å². The van der Waals surface area contributed by atoms with Gasteiger partial charge in [0.2, 0.25) is 0 Å². The Kier molecular flexibility index (Phi) is 3.12. The second-order valence-corrected chi connectivity index (χ2v) is 5.20. The molecule has 0 aromatic heterocycles. The van der Waals surface area contributed by atoms with Crippen LogP contribution in [0.25, 0.3) is 0 Å². The van der Waals surface area contributed by atoms with Crippen LogP contribution in [0.4, 0.5) is 4.39 Å². The van der Waals surface area contributed by atoms with Gasteiger partial charge in [-0.05, 0) is 55.6 Å². The van der Waals surface area contributed by atoms with Gasteiger partial charge in [-0.1, -0.05) is 6.07 Å². The van der Waals surface area contributed by atoms with Gasteiger partial charge in [-0.25, -0.2) is 4.39 Å². The zero-order valence-corrected chi connectivity index (χ0v) is 10.1. The molecular weight excluding hydrogens is 215 g/mol. The summed E-state index contributed by atoms with van der Waals surface area (Å²) >= 11 is 0. The fourth-order valence-electron chi connectivity index (χ4n) is 2.96. The van der Waals surface area contributed by atoms with Crippen molar-refractivity contribution in [2.75, 3.05) is 19.6 Å². The number of nitrogens with zero attached hydrogens (tertiary/aromatic N) is 1. The van der Waals surface area contributed by atoms with E-state index in [1.54, 1.807) is 12.1 Å². The topological polar surface area (TPSA) is 15.3 Å². The van der Waals surface area contributed by atoms with Crippen LogP contribution in [0.2, 0.25) is 0 Å². The van der Waals surface area contributed by atoms with Gasteiger partial charge in [0.25, 0.3) is 0 Å². The first-order chi connectivity index (χ1) is 8.31. The Labute approximate surface area is 102 Å². The molecule has 0 spiro atoms. The molecule has 1 fully saturated rings. The molecule has 2 aliphatic heterocycles. The van der Waals surface area contributed by atoms with E-state index in [9.17, 15) is 4.39 Å². The summed E-state index contributed by atoms with van der Waals surface area (Å²) in [7, 11) is 0. The van der Waals surface area contributed by atoms with E-state index in [1.165, 1.54) is 31.5 Å². The van der Waals surface area contributed by atoms with Crippen molar-refractivity contribution in [1.29, 1.82) is 0 Å². The monoisotopic (exact) mass is 234 g/mol. The second kappa shape index (κ2) is 4.75. The third kappa shape index (κ3) is 2.50. The Bertz CT molecular complexity index is 399. The highest BCUT2D eigenvalue weighted by Crippen LogP contribution is 2.19. The summed E-state index contributed by atoms with van der Waals surface area (Å²) in [6, 6.07) is 5.72. The smallest absolute Gasteiger partial charge is 0.123 e. The van der Waals surface area contributed by atoms with Crippen molar-refractivity contribution >= 4 is 0 Å². The molecule has 3 rings (SSSR count). The minimum atomic E-state index is -0.122. The summed E-state index contributed by atoms with van der Waals surface area (Å²) in [5.74, 6) is -0.122. The zero-order valence-electron chi connectivity index (χ0n) is 10.1. The number of likely N-dealkylation sites (tertiary alicyclic amines) is 1. The van der Waals surface area contributed by atoms with Crippen LogP contribution in [-0.2, 0) is 13.0 Å². The number of fused-ring (bicyclic) bond motifs is 1. The SMILES string of the molecule is Fc1ccc2c(c1)CNC(CN1CCCC1)C2. The minimum Gasteiger partial charge on any atom is -0.308 e. The lowest BCUT2D eigenvalue weighted by molar-refractivity contribution is 0.282. The summed E-state index contributed by atoms with van der Waals surface area (Å²) in [6.45, 7) is 4.44. The third-order valence-electron chi connectivity index (χ3n) is 3.89. The van der Waals surface area contributed by atoms with E-state index in [4.69, 9.17) is 0 Å². The highest BCUT2D eigenvalue weighted by Gasteiger charge is 2.22. The minimum absolute atomic E-state index is 0.122. The number of benzene rings is 1. The number of rotatable bonds is 2. The molecule has 1 aromatic rings. The fourth-order valence-corrected chi connectivity index (χ4v) is 2.96. The van der Waals surface area contributed by atoms with Crippen molar-refractivity contribution < 1.29 is 4.39 Å². The van der Waals surface area contributed by atoms with Gasteiger partial charge in [0.15, 0.2) is 0 Å². The molecule has 0 bridgehead atoms. The second-order valence-electron chi connectivity index (χ2n) is 5.20. The summed E-state index contributed by atoms with van der Waals surface area (Å²) in [5, 5.41) is 3.52. The van der Waals surface area contributed by atoms with Gasteiger partial charge in [0.05, 0.1) is 0 Å². The molecule has 1 saturated heterocycles. The normalized spacial score (nSPS) is 24.9. The molecule has 1 unspecified atom stereocenters. The molecule has 2 nitrogen and oxygen atoms in total. The Morgan fingerprint density at radius 3 is 2.88 bits per heavy atom. The summed E-state index contributed by atoms with van der Waals surface area (Å²) in [5.41, 5.74) is 2.44. The molecule has 1 N–H and O–H groups in total. The van der Waals surface area contributed by atoms with Gasteiger partial charge < -0.3 is 10.2 Å². The van der Waals surface area contributed by atoms with Crippen LogP contribution < -0.4 is 5.32 Å². The van der Waals surface area contributed by atoms with Crippen molar-refractivity contribution in [3.63, 3.8) is 0 Å². The average Bonchev–Trinajstić information content (AvgIpc) is 2.82. The molecule has 92 valence electrons. The largest absolute Gasteiger partial charge is 0.308 e. The molecule has 0 aliphatic carbocycles. The van der Waals surface area contributed by atoms with Crippen LogP contribution in [0, 0.1) is 5.82 Å². The number of halogens is 1. The van der Waals surface area contributed by atoms with Gasteiger partial charge in [-0.3, -0.25) is 0 Å². The maximum Gasteiger partial charge on any atom is 0.123 e. The van der Waals surface area contributed by atoms with Crippen molar-refractivity contribution in [3.05, 3.63) is 35.1 Å². The molecule has 3 heteroatoms. The Morgan fingerprint density at radius 1 is 1.24 bits per heavy atom. The van der Waals surface area contributed by atoms with Gasteiger partial charge >= 0.3 is 0 Å². The maximum absolute atomic E-state index is 13.1. The predicted molar refractivity (Wildman–Crippen MR) is 66.4 cm³/mol. The third-order valence-corrected chi connectivity index (χ3v) is 3.89. The van der Waals surface area contributed by atoms with Crippen LogP contribution in [-0.4, -0.2) is 30.6 Å². The lowest BCUT2D eigenvalue weighted by atomic mass is 9.95. The lowest BCUT2D eigenvalue weighted by Crippen LogP contribution is -2.43. The van der Waals surface area contributed by atoms with Gasteiger partial charge in [-0.15, -0.1) is 0 Å². The van der Waals surface area contributed by atoms with Gasteiger partial charge in [0.1, 0.15) is 5.82 Å². The quantitative estimate of drug-likeness (QED) is 0.841. The van der Waals surface area contributed by atoms with Crippen LogP contribution in [0.3, 0.4) is 0 Å². The van der Waals surface area contributed by atoms with Gasteiger partial charge in [0, 0.05) is 19.1 Å². The van der Waals surface area contributed by atoms with Crippen LogP contribution in [0.1, 0.15) is 24.0 Å². The summed E-state index contributed by atoms with van der Waals surface area (Å²) < 4.78 is 13.1. The molecule has 17 heavy (non-hydrogen) atoms. The van der Waals surface area contributed by atoms with E-state index in [0.717, 1.165) is 25.1 Å². The summed E-state index contributed by atoms with van der Waals surface area (Å²) in [6.07, 6.45) is 3.72. The molecule has 0 saturated carbocycles. The van der Waals surface area contributed by atoms with Crippen LogP contribution in [0.15, 0.2) is 18.2 Å². The van der Waals surface area contributed by atoms with Gasteiger partial charge in [-0.2, -0.15) is 0 Å². The Hall–Kier alpha value is -0.930. The van der Waals surface area contributed by atoms with Crippen LogP contribution in [0.5, 0.6) is 0 Å². The zero-order chi connectivity index (χ0) is 11.7. The number of hydrogen-bond acceptors (Lipinski definition) is 2. The molecule has 1 atom stereocenters. The Balaban J connectivity index is 1.65. The predicted octanol–water partition coefficient (Wildman–Crippen LogP) is 1.94. The fraction of sp³-hybridized carbons (Fsp3) is 0.571. The standard InChI is InChI=1S/C14H19FN2/c15-13-4-3-11-8-14(16-9-12(11)7-13)10-17-5-1-2-6-17/h3-4,7,14,16H,1-2,5-6,8-10H2. The van der Waals surface area contributed by atoms with E-state index in [2.05, 4.69) is 10.2 Å². The van der Waals surface area contributed by atoms with E-state index < -0.39 is 0 Å². The average molecular weight is 234 g/mol.